The topological polar surface area (TPSA) is 54.4 Å². The Labute approximate surface area is 145 Å². The third-order valence-corrected chi connectivity index (χ3v) is 8.81. The van der Waals surface area contributed by atoms with Gasteiger partial charge >= 0.3 is 0 Å². The maximum absolute atomic E-state index is 13.3. The molecule has 0 spiro atoms. The minimum atomic E-state index is -0.169. The molecule has 0 aromatic heterocycles. The van der Waals surface area contributed by atoms with Crippen molar-refractivity contribution in [3.63, 3.8) is 0 Å². The van der Waals surface area contributed by atoms with Crippen LogP contribution in [0.25, 0.3) is 0 Å². The van der Waals surface area contributed by atoms with Crippen LogP contribution in [0.2, 0.25) is 0 Å². The van der Waals surface area contributed by atoms with E-state index < -0.39 is 0 Å². The third-order valence-electron chi connectivity index (χ3n) is 8.81. The van der Waals surface area contributed by atoms with Gasteiger partial charge in [-0.1, -0.05) is 13.8 Å². The van der Waals surface area contributed by atoms with Gasteiger partial charge < -0.3 is 5.11 Å². The molecule has 24 heavy (non-hydrogen) atoms. The summed E-state index contributed by atoms with van der Waals surface area (Å²) < 4.78 is 0. The Bertz CT molecular complexity index is 569. The molecule has 0 bridgehead atoms. The molecule has 1 N–H and O–H groups in total. The van der Waals surface area contributed by atoms with Gasteiger partial charge in [0.15, 0.2) is 0 Å². The standard InChI is InChI=1S/C21H32O3/c1-12(22)16-6-7-17-15-5-4-13-10-14(23)8-9-20(13,2)19(15)18(24)11-21(16,17)3/h13-17,19,23H,4-11H2,1-3H3/t13-,14+,15+,16+,17-,19-,20-,21+/m0/s1. The van der Waals surface area contributed by atoms with Gasteiger partial charge in [0.05, 0.1) is 6.10 Å². The predicted octanol–water partition coefficient (Wildman–Crippen LogP) is 3.77. The van der Waals surface area contributed by atoms with Crippen LogP contribution in [0.1, 0.15) is 72.1 Å². The monoisotopic (exact) mass is 332 g/mol. The zero-order valence-corrected chi connectivity index (χ0v) is 15.4. The SMILES string of the molecule is CC(=O)[C@H]1CC[C@H]2[C@H]3CC[C@H]4C[C@H](O)CC[C@]4(C)[C@@H]3C(=O)C[C@]12C. The Morgan fingerprint density at radius 3 is 2.54 bits per heavy atom. The first-order chi connectivity index (χ1) is 11.3. The highest BCUT2D eigenvalue weighted by molar-refractivity contribution is 5.87. The first kappa shape index (κ1) is 16.8. The molecule has 8 atom stereocenters. The lowest BCUT2D eigenvalue weighted by Crippen LogP contribution is -2.58. The van der Waals surface area contributed by atoms with E-state index in [1.165, 1.54) is 0 Å². The van der Waals surface area contributed by atoms with Crippen molar-refractivity contribution >= 4 is 11.6 Å². The number of ketones is 2. The summed E-state index contributed by atoms with van der Waals surface area (Å²) in [5.74, 6) is 2.48. The van der Waals surface area contributed by atoms with Gasteiger partial charge in [-0.25, -0.2) is 0 Å². The fourth-order valence-corrected chi connectivity index (χ4v) is 7.72. The Hall–Kier alpha value is -0.700. The van der Waals surface area contributed by atoms with Crippen molar-refractivity contribution in [2.45, 2.75) is 78.2 Å². The molecular weight excluding hydrogens is 300 g/mol. The van der Waals surface area contributed by atoms with Gasteiger partial charge in [0.2, 0.25) is 0 Å². The molecule has 0 saturated heterocycles. The van der Waals surface area contributed by atoms with Gasteiger partial charge in [-0.15, -0.1) is 0 Å². The van der Waals surface area contributed by atoms with E-state index in [1.54, 1.807) is 6.92 Å². The predicted molar refractivity (Wildman–Crippen MR) is 92.3 cm³/mol. The van der Waals surface area contributed by atoms with Crippen LogP contribution in [-0.4, -0.2) is 22.8 Å². The van der Waals surface area contributed by atoms with Crippen LogP contribution in [0.5, 0.6) is 0 Å². The van der Waals surface area contributed by atoms with Crippen LogP contribution in [0.3, 0.4) is 0 Å². The fraction of sp³-hybridized carbons (Fsp3) is 0.905. The number of hydrogen-bond acceptors (Lipinski definition) is 3. The Morgan fingerprint density at radius 2 is 1.83 bits per heavy atom. The third kappa shape index (κ3) is 2.12. The van der Waals surface area contributed by atoms with Crippen molar-refractivity contribution in [3.05, 3.63) is 0 Å². The summed E-state index contributed by atoms with van der Waals surface area (Å²) in [4.78, 5) is 25.5. The van der Waals surface area contributed by atoms with E-state index >= 15 is 0 Å². The lowest BCUT2D eigenvalue weighted by Gasteiger charge is -2.59. The highest BCUT2D eigenvalue weighted by atomic mass is 16.3. The molecule has 4 saturated carbocycles. The molecule has 0 amide bonds. The molecular formula is C21H32O3. The lowest BCUT2D eigenvalue weighted by atomic mass is 9.44. The van der Waals surface area contributed by atoms with E-state index in [1.807, 2.05) is 0 Å². The number of aliphatic hydroxyl groups excluding tert-OH is 1. The highest BCUT2D eigenvalue weighted by Gasteiger charge is 2.63. The average molecular weight is 332 g/mol. The van der Waals surface area contributed by atoms with E-state index in [-0.39, 0.29) is 34.6 Å². The fourth-order valence-electron chi connectivity index (χ4n) is 7.72. The molecule has 0 heterocycles. The van der Waals surface area contributed by atoms with Gasteiger partial charge in [0.25, 0.3) is 0 Å². The minimum absolute atomic E-state index is 0.0782. The molecule has 0 radical (unpaired) electrons. The van der Waals surface area contributed by atoms with Crippen molar-refractivity contribution in [2.75, 3.05) is 0 Å². The molecule has 3 nitrogen and oxygen atoms in total. The van der Waals surface area contributed by atoms with E-state index in [4.69, 9.17) is 0 Å². The summed E-state index contributed by atoms with van der Waals surface area (Å²) in [7, 11) is 0. The van der Waals surface area contributed by atoms with E-state index in [0.29, 0.717) is 30.0 Å². The van der Waals surface area contributed by atoms with E-state index in [9.17, 15) is 14.7 Å². The van der Waals surface area contributed by atoms with E-state index in [0.717, 1.165) is 44.9 Å². The second-order valence-corrected chi connectivity index (χ2v) is 9.85. The molecule has 3 heteroatoms. The molecule has 4 rings (SSSR count). The summed E-state index contributed by atoms with van der Waals surface area (Å²) in [6.07, 6.45) is 7.53. The van der Waals surface area contributed by atoms with Crippen molar-refractivity contribution in [3.8, 4) is 0 Å². The van der Waals surface area contributed by atoms with Gasteiger partial charge in [-0.3, -0.25) is 9.59 Å². The molecule has 0 unspecified atom stereocenters. The number of hydrogen-bond donors (Lipinski definition) is 1. The van der Waals surface area contributed by atoms with E-state index in [2.05, 4.69) is 13.8 Å². The highest BCUT2D eigenvalue weighted by Crippen LogP contribution is 2.66. The van der Waals surface area contributed by atoms with Crippen LogP contribution < -0.4 is 0 Å². The van der Waals surface area contributed by atoms with Crippen LogP contribution in [0, 0.1) is 40.4 Å². The zero-order valence-electron chi connectivity index (χ0n) is 15.4. The van der Waals surface area contributed by atoms with Crippen molar-refractivity contribution < 1.29 is 14.7 Å². The largest absolute Gasteiger partial charge is 0.393 e. The Morgan fingerprint density at radius 1 is 1.08 bits per heavy atom. The van der Waals surface area contributed by atoms with Crippen LogP contribution in [-0.2, 0) is 9.59 Å². The van der Waals surface area contributed by atoms with Gasteiger partial charge in [0, 0.05) is 18.3 Å². The van der Waals surface area contributed by atoms with Crippen molar-refractivity contribution in [1.29, 1.82) is 0 Å². The second kappa shape index (κ2) is 5.40. The number of rotatable bonds is 1. The molecule has 4 fully saturated rings. The first-order valence-electron chi connectivity index (χ1n) is 9.98. The van der Waals surface area contributed by atoms with Crippen molar-refractivity contribution in [1.82, 2.24) is 0 Å². The van der Waals surface area contributed by atoms with Crippen LogP contribution in [0.15, 0.2) is 0 Å². The number of fused-ring (bicyclic) bond motifs is 5. The summed E-state index contributed by atoms with van der Waals surface area (Å²) in [6, 6.07) is 0. The van der Waals surface area contributed by atoms with Gasteiger partial charge in [0.1, 0.15) is 11.6 Å². The Balaban J connectivity index is 1.68. The first-order valence-corrected chi connectivity index (χ1v) is 9.98. The molecule has 4 aliphatic rings. The molecule has 4 aliphatic carbocycles. The van der Waals surface area contributed by atoms with Crippen LogP contribution in [0.4, 0.5) is 0 Å². The normalized spacial score (nSPS) is 53.9. The summed E-state index contributed by atoms with van der Waals surface area (Å²) in [5, 5.41) is 10.1. The number of carbonyl (C=O) groups is 2. The number of Topliss-reactive ketones (excluding diaryl/α,β-unsaturated/α-hetero) is 2. The molecule has 0 aliphatic heterocycles. The maximum Gasteiger partial charge on any atom is 0.137 e. The minimum Gasteiger partial charge on any atom is -0.393 e. The summed E-state index contributed by atoms with van der Waals surface area (Å²) >= 11 is 0. The molecule has 0 aromatic carbocycles. The summed E-state index contributed by atoms with van der Waals surface area (Å²) in [5.41, 5.74) is -0.0175. The average Bonchev–Trinajstić information content (AvgIpc) is 2.84. The Kier molecular flexibility index (Phi) is 3.77. The van der Waals surface area contributed by atoms with Gasteiger partial charge in [-0.05, 0) is 80.5 Å². The number of aliphatic hydroxyl groups is 1. The quantitative estimate of drug-likeness (QED) is 0.795. The second-order valence-electron chi connectivity index (χ2n) is 9.85. The molecule has 0 aromatic rings. The number of carbonyl (C=O) groups excluding carboxylic acids is 2. The van der Waals surface area contributed by atoms with Gasteiger partial charge in [-0.2, -0.15) is 0 Å². The van der Waals surface area contributed by atoms with Crippen molar-refractivity contribution in [2.24, 2.45) is 40.4 Å². The smallest absolute Gasteiger partial charge is 0.137 e. The maximum atomic E-state index is 13.3. The van der Waals surface area contributed by atoms with Crippen LogP contribution >= 0.6 is 0 Å². The summed E-state index contributed by atoms with van der Waals surface area (Å²) in [6.45, 7) is 6.28. The lowest BCUT2D eigenvalue weighted by molar-refractivity contribution is -0.162. The zero-order chi connectivity index (χ0) is 17.3. The molecule has 134 valence electrons.